The second-order valence-electron chi connectivity index (χ2n) is 7.45. The van der Waals surface area contributed by atoms with Gasteiger partial charge in [-0.15, -0.1) is 11.3 Å². The van der Waals surface area contributed by atoms with Crippen molar-refractivity contribution < 1.29 is 23.9 Å². The Morgan fingerprint density at radius 3 is 2.66 bits per heavy atom. The third kappa shape index (κ3) is 5.97. The maximum absolute atomic E-state index is 12.1. The summed E-state index contributed by atoms with van der Waals surface area (Å²) in [5.74, 6) is -0.945. The maximum atomic E-state index is 12.1. The highest BCUT2D eigenvalue weighted by molar-refractivity contribution is 7.12. The van der Waals surface area contributed by atoms with E-state index in [1.54, 1.807) is 24.1 Å². The van der Waals surface area contributed by atoms with E-state index >= 15 is 0 Å². The first-order chi connectivity index (χ1) is 15.4. The molecule has 0 atom stereocenters. The van der Waals surface area contributed by atoms with Gasteiger partial charge in [0.25, 0.3) is 5.91 Å². The first-order valence-electron chi connectivity index (χ1n) is 10.5. The number of piperidine rings is 1. The second kappa shape index (κ2) is 10.9. The number of amides is 2. The molecule has 9 nitrogen and oxygen atoms in total. The van der Waals surface area contributed by atoms with Crippen molar-refractivity contribution in [3.05, 3.63) is 40.7 Å². The number of aryl methyl sites for hydroxylation is 1. The van der Waals surface area contributed by atoms with Gasteiger partial charge in [0.05, 0.1) is 6.61 Å². The number of esters is 1. The molecule has 1 aliphatic heterocycles. The average Bonchev–Trinajstić information content (AvgIpc) is 3.39. The van der Waals surface area contributed by atoms with Crippen molar-refractivity contribution in [2.75, 3.05) is 26.3 Å². The van der Waals surface area contributed by atoms with E-state index in [2.05, 4.69) is 10.3 Å². The van der Waals surface area contributed by atoms with Gasteiger partial charge in [-0.2, -0.15) is 0 Å². The number of ether oxygens (including phenoxy) is 2. The zero-order valence-electron chi connectivity index (χ0n) is 18.5. The molecule has 0 aliphatic carbocycles. The lowest BCUT2D eigenvalue weighted by Crippen LogP contribution is -2.47. The van der Waals surface area contributed by atoms with Crippen LogP contribution in [0, 0.1) is 13.8 Å². The molecule has 172 valence electrons. The standard InChI is InChI=1S/C22H28N4O5S/c1-4-30-22(29)25-10-7-18(8-11-25)24-19(27)14-31-20(28)6-5-17-13-15(2)26(16(17)3)21-23-9-12-32-21/h5-6,9,12-13,18H,4,7-8,10-11,14H2,1-3H3,(H,24,27)/b6-5+. The van der Waals surface area contributed by atoms with E-state index in [1.165, 1.54) is 17.4 Å². The molecule has 0 aromatic carbocycles. The van der Waals surface area contributed by atoms with Crippen molar-refractivity contribution >= 4 is 35.4 Å². The quantitative estimate of drug-likeness (QED) is 0.504. The van der Waals surface area contributed by atoms with Crippen LogP contribution in [0.1, 0.15) is 36.7 Å². The smallest absolute Gasteiger partial charge is 0.409 e. The second-order valence-corrected chi connectivity index (χ2v) is 8.32. The molecule has 2 aromatic rings. The van der Waals surface area contributed by atoms with Crippen LogP contribution in [-0.4, -0.2) is 64.8 Å². The van der Waals surface area contributed by atoms with E-state index in [0.717, 1.165) is 22.1 Å². The summed E-state index contributed by atoms with van der Waals surface area (Å²) in [5.41, 5.74) is 2.86. The molecular weight excluding hydrogens is 432 g/mol. The average molecular weight is 461 g/mol. The number of nitrogens with zero attached hydrogens (tertiary/aromatic N) is 3. The number of rotatable bonds is 7. The lowest BCUT2D eigenvalue weighted by Gasteiger charge is -2.31. The van der Waals surface area contributed by atoms with Crippen LogP contribution in [0.15, 0.2) is 23.7 Å². The first-order valence-corrected chi connectivity index (χ1v) is 11.4. The summed E-state index contributed by atoms with van der Waals surface area (Å²) >= 11 is 1.54. The molecule has 0 radical (unpaired) electrons. The summed E-state index contributed by atoms with van der Waals surface area (Å²) in [6, 6.07) is 1.91. The maximum Gasteiger partial charge on any atom is 0.409 e. The fourth-order valence-electron chi connectivity index (χ4n) is 3.61. The first kappa shape index (κ1) is 23.5. The van der Waals surface area contributed by atoms with E-state index in [9.17, 15) is 14.4 Å². The summed E-state index contributed by atoms with van der Waals surface area (Å²) in [5, 5.41) is 5.63. The zero-order chi connectivity index (χ0) is 23.1. The minimum atomic E-state index is -0.587. The Bertz CT molecular complexity index is 975. The number of carbonyl (C=O) groups is 3. The minimum absolute atomic E-state index is 0.0568. The Morgan fingerprint density at radius 1 is 1.25 bits per heavy atom. The predicted molar refractivity (Wildman–Crippen MR) is 121 cm³/mol. The third-order valence-electron chi connectivity index (χ3n) is 5.21. The molecule has 2 aromatic heterocycles. The molecule has 0 unspecified atom stereocenters. The number of thiazole rings is 1. The lowest BCUT2D eigenvalue weighted by molar-refractivity contribution is -0.144. The van der Waals surface area contributed by atoms with Gasteiger partial charge < -0.3 is 19.7 Å². The molecule has 0 saturated carbocycles. The van der Waals surface area contributed by atoms with Crippen molar-refractivity contribution in [3.63, 3.8) is 0 Å². The molecular formula is C22H28N4O5S. The molecule has 10 heteroatoms. The van der Waals surface area contributed by atoms with Crippen molar-refractivity contribution in [2.24, 2.45) is 0 Å². The van der Waals surface area contributed by atoms with Crippen molar-refractivity contribution in [1.29, 1.82) is 0 Å². The molecule has 32 heavy (non-hydrogen) atoms. The van der Waals surface area contributed by atoms with Crippen LogP contribution < -0.4 is 5.32 Å². The van der Waals surface area contributed by atoms with Crippen molar-refractivity contribution in [2.45, 2.75) is 39.7 Å². The number of likely N-dealkylation sites (tertiary alicyclic amines) is 1. The number of carbonyl (C=O) groups excluding carboxylic acids is 3. The van der Waals surface area contributed by atoms with Crippen LogP contribution in [0.25, 0.3) is 11.2 Å². The van der Waals surface area contributed by atoms with Crippen molar-refractivity contribution in [1.82, 2.24) is 19.8 Å². The summed E-state index contributed by atoms with van der Waals surface area (Å²) in [6.45, 7) is 6.73. The molecule has 3 heterocycles. The molecule has 0 spiro atoms. The highest BCUT2D eigenvalue weighted by Crippen LogP contribution is 2.23. The van der Waals surface area contributed by atoms with E-state index in [1.807, 2.05) is 29.9 Å². The highest BCUT2D eigenvalue weighted by atomic mass is 32.1. The normalized spacial score (nSPS) is 14.5. The van der Waals surface area contributed by atoms with Crippen LogP contribution in [0.4, 0.5) is 4.79 Å². The van der Waals surface area contributed by atoms with Gasteiger partial charge in [0.15, 0.2) is 11.7 Å². The zero-order valence-corrected chi connectivity index (χ0v) is 19.3. The van der Waals surface area contributed by atoms with Gasteiger partial charge in [-0.3, -0.25) is 9.36 Å². The fraction of sp³-hybridized carbons (Fsp3) is 0.455. The monoisotopic (exact) mass is 460 g/mol. The topological polar surface area (TPSA) is 103 Å². The summed E-state index contributed by atoms with van der Waals surface area (Å²) < 4.78 is 12.1. The van der Waals surface area contributed by atoms with Gasteiger partial charge >= 0.3 is 12.1 Å². The molecule has 1 fully saturated rings. The highest BCUT2D eigenvalue weighted by Gasteiger charge is 2.24. The Hall–Kier alpha value is -3.14. The molecule has 3 rings (SSSR count). The van der Waals surface area contributed by atoms with Crippen LogP contribution >= 0.6 is 11.3 Å². The lowest BCUT2D eigenvalue weighted by atomic mass is 10.1. The summed E-state index contributed by atoms with van der Waals surface area (Å²) in [6.07, 6.45) is 5.68. The minimum Gasteiger partial charge on any atom is -0.452 e. The SMILES string of the molecule is CCOC(=O)N1CCC(NC(=O)COC(=O)/C=C/c2cc(C)n(-c3nccs3)c2C)CC1. The number of nitrogens with one attached hydrogen (secondary N) is 1. The Kier molecular flexibility index (Phi) is 8.04. The Morgan fingerprint density at radius 2 is 2.00 bits per heavy atom. The summed E-state index contributed by atoms with van der Waals surface area (Å²) in [4.78, 5) is 41.8. The Balaban J connectivity index is 1.43. The van der Waals surface area contributed by atoms with E-state index in [-0.39, 0.29) is 24.6 Å². The third-order valence-corrected chi connectivity index (χ3v) is 5.97. The van der Waals surface area contributed by atoms with Gasteiger partial charge in [-0.25, -0.2) is 14.6 Å². The summed E-state index contributed by atoms with van der Waals surface area (Å²) in [7, 11) is 0. The molecule has 1 saturated heterocycles. The van der Waals surface area contributed by atoms with Gasteiger partial charge in [0, 0.05) is 48.2 Å². The number of aromatic nitrogens is 2. The van der Waals surface area contributed by atoms with Gasteiger partial charge in [0.1, 0.15) is 0 Å². The fourth-order valence-corrected chi connectivity index (χ4v) is 4.36. The van der Waals surface area contributed by atoms with Crippen LogP contribution in [-0.2, 0) is 19.1 Å². The molecule has 2 amide bonds. The molecule has 1 aliphatic rings. The number of hydrogen-bond acceptors (Lipinski definition) is 7. The van der Waals surface area contributed by atoms with Gasteiger partial charge in [0.2, 0.25) is 0 Å². The van der Waals surface area contributed by atoms with Crippen LogP contribution in [0.3, 0.4) is 0 Å². The van der Waals surface area contributed by atoms with Crippen molar-refractivity contribution in [3.8, 4) is 5.13 Å². The number of hydrogen-bond donors (Lipinski definition) is 1. The Labute approximate surface area is 191 Å². The van der Waals surface area contributed by atoms with E-state index < -0.39 is 5.97 Å². The van der Waals surface area contributed by atoms with Crippen LogP contribution in [0.5, 0.6) is 0 Å². The predicted octanol–water partition coefficient (Wildman–Crippen LogP) is 2.84. The van der Waals surface area contributed by atoms with E-state index in [4.69, 9.17) is 9.47 Å². The molecule has 0 bridgehead atoms. The van der Waals surface area contributed by atoms with Crippen LogP contribution in [0.2, 0.25) is 0 Å². The molecule has 1 N–H and O–H groups in total. The van der Waals surface area contributed by atoms with Gasteiger partial charge in [-0.05, 0) is 51.3 Å². The van der Waals surface area contributed by atoms with E-state index in [0.29, 0.717) is 32.5 Å². The van der Waals surface area contributed by atoms with Gasteiger partial charge in [-0.1, -0.05) is 0 Å². The largest absolute Gasteiger partial charge is 0.452 e.